The molecular weight excluding hydrogens is 411 g/mol. The molecule has 6 nitrogen and oxygen atoms in total. The second-order valence-electron chi connectivity index (χ2n) is 8.77. The van der Waals surface area contributed by atoms with E-state index in [2.05, 4.69) is 5.32 Å². The van der Waals surface area contributed by atoms with Crippen LogP contribution in [0.2, 0.25) is 0 Å². The van der Waals surface area contributed by atoms with Gasteiger partial charge in [-0.05, 0) is 48.8 Å². The Morgan fingerprint density at radius 2 is 1.74 bits per heavy atom. The van der Waals surface area contributed by atoms with Crippen LogP contribution in [0.25, 0.3) is 0 Å². The summed E-state index contributed by atoms with van der Waals surface area (Å²) in [6.45, 7) is 4.44. The lowest BCUT2D eigenvalue weighted by Crippen LogP contribution is -2.62. The molecular formula is C22H28F3N3O3. The number of ether oxygens (including phenoxy) is 1. The number of fused-ring (bicyclic) bond motifs is 1. The summed E-state index contributed by atoms with van der Waals surface area (Å²) >= 11 is 0. The Labute approximate surface area is 179 Å². The third-order valence-electron chi connectivity index (χ3n) is 6.88. The average Bonchev–Trinajstić information content (AvgIpc) is 2.77. The number of amides is 3. The Balaban J connectivity index is 1.30. The summed E-state index contributed by atoms with van der Waals surface area (Å²) in [4.78, 5) is 28.2. The Morgan fingerprint density at radius 1 is 1.10 bits per heavy atom. The molecule has 3 aliphatic rings. The van der Waals surface area contributed by atoms with Crippen LogP contribution in [0.15, 0.2) is 24.3 Å². The molecule has 3 amide bonds. The fourth-order valence-electron chi connectivity index (χ4n) is 4.91. The van der Waals surface area contributed by atoms with Crippen LogP contribution in [0.4, 0.5) is 18.0 Å². The van der Waals surface area contributed by atoms with Crippen LogP contribution in [0.5, 0.6) is 0 Å². The van der Waals surface area contributed by atoms with Crippen molar-refractivity contribution >= 4 is 11.9 Å². The van der Waals surface area contributed by atoms with E-state index >= 15 is 0 Å². The van der Waals surface area contributed by atoms with Crippen molar-refractivity contribution in [3.8, 4) is 0 Å². The number of urea groups is 1. The molecule has 4 rings (SSSR count). The number of nitrogens with zero attached hydrogens (tertiary/aromatic N) is 2. The summed E-state index contributed by atoms with van der Waals surface area (Å²) in [7, 11) is 0. The number of likely N-dealkylation sites (tertiary alicyclic amines) is 2. The number of alkyl halides is 3. The van der Waals surface area contributed by atoms with Crippen LogP contribution >= 0.6 is 0 Å². The van der Waals surface area contributed by atoms with Crippen LogP contribution in [-0.2, 0) is 15.7 Å². The maximum atomic E-state index is 13.0. The summed E-state index contributed by atoms with van der Waals surface area (Å²) in [5, 5.41) is 2.91. The lowest BCUT2D eigenvalue weighted by Gasteiger charge is -2.43. The predicted molar refractivity (Wildman–Crippen MR) is 107 cm³/mol. The van der Waals surface area contributed by atoms with Gasteiger partial charge in [-0.3, -0.25) is 4.79 Å². The van der Waals surface area contributed by atoms with E-state index in [9.17, 15) is 22.8 Å². The van der Waals surface area contributed by atoms with Gasteiger partial charge in [0.05, 0.1) is 17.7 Å². The van der Waals surface area contributed by atoms with Crippen LogP contribution < -0.4 is 5.32 Å². The number of hydrogen-bond acceptors (Lipinski definition) is 3. The number of morpholine rings is 1. The Bertz CT molecular complexity index is 806. The first-order valence-electron chi connectivity index (χ1n) is 10.8. The molecule has 0 spiro atoms. The molecule has 3 aliphatic heterocycles. The third kappa shape index (κ3) is 4.81. The number of benzene rings is 1. The quantitative estimate of drug-likeness (QED) is 0.770. The Hall–Kier alpha value is -2.29. The first-order valence-corrected chi connectivity index (χ1v) is 10.8. The molecule has 0 unspecified atom stereocenters. The smallest absolute Gasteiger partial charge is 0.366 e. The normalized spacial score (nSPS) is 26.3. The van der Waals surface area contributed by atoms with Gasteiger partial charge < -0.3 is 19.9 Å². The van der Waals surface area contributed by atoms with Gasteiger partial charge in [0.25, 0.3) is 0 Å². The van der Waals surface area contributed by atoms with Gasteiger partial charge in [-0.15, -0.1) is 0 Å². The highest BCUT2D eigenvalue weighted by Crippen LogP contribution is 2.35. The van der Waals surface area contributed by atoms with Gasteiger partial charge in [0.15, 0.2) is 0 Å². The van der Waals surface area contributed by atoms with E-state index in [1.807, 2.05) is 11.8 Å². The number of carbonyl (C=O) groups excluding carboxylic acids is 2. The molecule has 1 aromatic rings. The summed E-state index contributed by atoms with van der Waals surface area (Å²) in [6, 6.07) is 5.24. The SMILES string of the molecule is C[C@@H](c1ccc(C(F)(F)F)cc1)C1CCN(C(=O)N2CC[C@@H]3OCC(=O)N[C@@H]3C2)CC1. The van der Waals surface area contributed by atoms with Crippen LogP contribution in [0.1, 0.15) is 43.2 Å². The summed E-state index contributed by atoms with van der Waals surface area (Å²) in [6.07, 6.45) is -2.02. The molecule has 1 aromatic carbocycles. The molecule has 1 N–H and O–H groups in total. The first kappa shape index (κ1) is 21.9. The third-order valence-corrected chi connectivity index (χ3v) is 6.88. The average molecular weight is 439 g/mol. The lowest BCUT2D eigenvalue weighted by molar-refractivity contribution is -0.140. The van der Waals surface area contributed by atoms with Crippen molar-refractivity contribution in [2.45, 2.75) is 50.4 Å². The fraction of sp³-hybridized carbons (Fsp3) is 0.636. The molecule has 0 aromatic heterocycles. The molecule has 0 bridgehead atoms. The lowest BCUT2D eigenvalue weighted by atomic mass is 9.81. The van der Waals surface area contributed by atoms with Crippen LogP contribution in [-0.4, -0.2) is 66.7 Å². The van der Waals surface area contributed by atoms with Crippen molar-refractivity contribution in [1.29, 1.82) is 0 Å². The Morgan fingerprint density at radius 3 is 2.39 bits per heavy atom. The summed E-state index contributed by atoms with van der Waals surface area (Å²) in [5.41, 5.74) is 0.264. The van der Waals surface area contributed by atoms with Gasteiger partial charge in [-0.2, -0.15) is 13.2 Å². The van der Waals surface area contributed by atoms with Crippen molar-refractivity contribution in [3.05, 3.63) is 35.4 Å². The van der Waals surface area contributed by atoms with Gasteiger partial charge in [-0.1, -0.05) is 19.1 Å². The topological polar surface area (TPSA) is 61.9 Å². The van der Waals surface area contributed by atoms with Gasteiger partial charge in [0.2, 0.25) is 5.91 Å². The molecule has 9 heteroatoms. The summed E-state index contributed by atoms with van der Waals surface area (Å²) in [5.74, 6) is 0.302. The van der Waals surface area contributed by atoms with Gasteiger partial charge in [0, 0.05) is 26.2 Å². The molecule has 0 saturated carbocycles. The molecule has 0 aliphatic carbocycles. The predicted octanol–water partition coefficient (Wildman–Crippen LogP) is 3.23. The first-order chi connectivity index (χ1) is 14.7. The molecule has 3 fully saturated rings. The highest BCUT2D eigenvalue weighted by Gasteiger charge is 2.38. The Kier molecular flexibility index (Phi) is 6.14. The zero-order chi connectivity index (χ0) is 22.2. The van der Waals surface area contributed by atoms with E-state index in [-0.39, 0.29) is 36.6 Å². The van der Waals surface area contributed by atoms with E-state index in [0.717, 1.165) is 30.5 Å². The highest BCUT2D eigenvalue weighted by atomic mass is 19.4. The van der Waals surface area contributed by atoms with E-state index in [4.69, 9.17) is 4.74 Å². The fourth-order valence-corrected chi connectivity index (χ4v) is 4.91. The van der Waals surface area contributed by atoms with E-state index in [1.165, 1.54) is 0 Å². The monoisotopic (exact) mass is 439 g/mol. The van der Waals surface area contributed by atoms with Crippen molar-refractivity contribution in [3.63, 3.8) is 0 Å². The number of piperidine rings is 2. The van der Waals surface area contributed by atoms with Gasteiger partial charge >= 0.3 is 12.2 Å². The van der Waals surface area contributed by atoms with Gasteiger partial charge in [0.1, 0.15) is 6.61 Å². The number of hydrogen-bond donors (Lipinski definition) is 1. The maximum Gasteiger partial charge on any atom is 0.416 e. The molecule has 31 heavy (non-hydrogen) atoms. The zero-order valence-corrected chi connectivity index (χ0v) is 17.5. The van der Waals surface area contributed by atoms with E-state index < -0.39 is 11.7 Å². The van der Waals surface area contributed by atoms with Crippen LogP contribution in [0.3, 0.4) is 0 Å². The molecule has 3 heterocycles. The molecule has 0 radical (unpaired) electrons. The number of carbonyl (C=O) groups is 2. The summed E-state index contributed by atoms with van der Waals surface area (Å²) < 4.78 is 43.9. The molecule has 3 saturated heterocycles. The van der Waals surface area contributed by atoms with Crippen molar-refractivity contribution in [1.82, 2.24) is 15.1 Å². The number of nitrogens with one attached hydrogen (secondary N) is 1. The van der Waals surface area contributed by atoms with E-state index in [0.29, 0.717) is 38.5 Å². The van der Waals surface area contributed by atoms with Crippen molar-refractivity contribution in [2.75, 3.05) is 32.8 Å². The maximum absolute atomic E-state index is 13.0. The number of rotatable bonds is 2. The van der Waals surface area contributed by atoms with Crippen LogP contribution in [0, 0.1) is 5.92 Å². The van der Waals surface area contributed by atoms with Crippen molar-refractivity contribution < 1.29 is 27.5 Å². The highest BCUT2D eigenvalue weighted by molar-refractivity contribution is 5.79. The van der Waals surface area contributed by atoms with Gasteiger partial charge in [-0.25, -0.2) is 4.79 Å². The number of halogens is 3. The minimum absolute atomic E-state index is 0.0149. The van der Waals surface area contributed by atoms with E-state index in [1.54, 1.807) is 17.0 Å². The minimum Gasteiger partial charge on any atom is -0.366 e. The minimum atomic E-state index is -4.32. The largest absolute Gasteiger partial charge is 0.416 e. The second kappa shape index (κ2) is 8.68. The second-order valence-corrected chi connectivity index (χ2v) is 8.77. The standard InChI is InChI=1S/C22H28F3N3O3/c1-14(15-2-4-17(5-3-15)22(23,24)25)16-6-9-27(10-7-16)21(30)28-11-8-19-18(12-28)26-20(29)13-31-19/h2-5,14,16,18-19H,6-13H2,1H3,(H,26,29)/t14-,18+,19-/m0/s1. The van der Waals surface area contributed by atoms with Crippen molar-refractivity contribution in [2.24, 2.45) is 5.92 Å². The molecule has 170 valence electrons. The zero-order valence-electron chi connectivity index (χ0n) is 17.5. The molecule has 3 atom stereocenters.